The highest BCUT2D eigenvalue weighted by molar-refractivity contribution is 7.08. The van der Waals surface area contributed by atoms with Gasteiger partial charge in [0.1, 0.15) is 19.0 Å². The van der Waals surface area contributed by atoms with Crippen LogP contribution in [0.25, 0.3) is 11.4 Å². The van der Waals surface area contributed by atoms with Crippen molar-refractivity contribution < 1.29 is 14.3 Å². The highest BCUT2D eigenvalue weighted by Crippen LogP contribution is 2.16. The van der Waals surface area contributed by atoms with Crippen LogP contribution in [-0.2, 0) is 16.1 Å². The number of nitrogens with zero attached hydrogens (tertiary/aromatic N) is 4. The Balaban J connectivity index is 1.40. The van der Waals surface area contributed by atoms with E-state index in [4.69, 9.17) is 21.1 Å². The van der Waals surface area contributed by atoms with Crippen LogP contribution in [0.4, 0.5) is 0 Å². The highest BCUT2D eigenvalue weighted by Gasteiger charge is 2.10. The zero-order valence-electron chi connectivity index (χ0n) is 12.5. The lowest BCUT2D eigenvalue weighted by atomic mass is 10.3. The van der Waals surface area contributed by atoms with Crippen molar-refractivity contribution in [2.45, 2.75) is 6.54 Å². The van der Waals surface area contributed by atoms with Crippen molar-refractivity contribution in [1.82, 2.24) is 20.2 Å². The maximum absolute atomic E-state index is 11.7. The van der Waals surface area contributed by atoms with Gasteiger partial charge in [-0.25, -0.2) is 4.79 Å². The molecule has 0 spiro atoms. The fourth-order valence-electron chi connectivity index (χ4n) is 1.82. The van der Waals surface area contributed by atoms with Gasteiger partial charge in [-0.15, -0.1) is 10.2 Å². The summed E-state index contributed by atoms with van der Waals surface area (Å²) in [6.07, 6.45) is 0. The number of ether oxygens (including phenoxy) is 2. The number of tetrazole rings is 1. The summed E-state index contributed by atoms with van der Waals surface area (Å²) in [6.45, 7) is 0.282. The third kappa shape index (κ3) is 4.53. The van der Waals surface area contributed by atoms with E-state index >= 15 is 0 Å². The van der Waals surface area contributed by atoms with E-state index in [9.17, 15) is 4.79 Å². The lowest BCUT2D eigenvalue weighted by molar-refractivity contribution is -0.145. The molecule has 0 radical (unpaired) electrons. The number of thiophene rings is 1. The highest BCUT2D eigenvalue weighted by atomic mass is 35.5. The Morgan fingerprint density at radius 1 is 1.21 bits per heavy atom. The first-order chi connectivity index (χ1) is 11.7. The van der Waals surface area contributed by atoms with Crippen LogP contribution >= 0.6 is 22.9 Å². The maximum atomic E-state index is 11.7. The van der Waals surface area contributed by atoms with Crippen LogP contribution in [0.3, 0.4) is 0 Å². The van der Waals surface area contributed by atoms with E-state index in [2.05, 4.69) is 15.4 Å². The molecule has 0 aliphatic carbocycles. The van der Waals surface area contributed by atoms with Gasteiger partial charge in [0, 0.05) is 16.0 Å². The minimum atomic E-state index is -0.455. The van der Waals surface area contributed by atoms with Crippen LogP contribution in [0, 0.1) is 0 Å². The molecule has 3 rings (SSSR count). The van der Waals surface area contributed by atoms with Crippen LogP contribution < -0.4 is 4.74 Å². The van der Waals surface area contributed by atoms with Gasteiger partial charge < -0.3 is 9.47 Å². The lowest BCUT2D eigenvalue weighted by Gasteiger charge is -2.07. The molecule has 3 aromatic rings. The molecule has 0 saturated heterocycles. The number of hydrogen-bond acceptors (Lipinski definition) is 7. The summed E-state index contributed by atoms with van der Waals surface area (Å²) in [5.74, 6) is 0.688. The van der Waals surface area contributed by atoms with E-state index < -0.39 is 5.97 Å². The molecule has 7 nitrogen and oxygen atoms in total. The minimum absolute atomic E-state index is 0.0991. The summed E-state index contributed by atoms with van der Waals surface area (Å²) in [4.78, 5) is 12.9. The third-order valence-electron chi connectivity index (χ3n) is 2.93. The van der Waals surface area contributed by atoms with Gasteiger partial charge in [-0.1, -0.05) is 11.6 Å². The topological polar surface area (TPSA) is 79.1 Å². The number of aromatic nitrogens is 4. The molecule has 1 aromatic carbocycles. The van der Waals surface area contributed by atoms with E-state index in [1.165, 1.54) is 4.80 Å². The standard InChI is InChI=1S/C15H13ClN4O3S/c16-12-1-3-13(4-2-12)22-6-7-23-14(21)9-20-18-15(17-19-20)11-5-8-24-10-11/h1-5,8,10H,6-7,9H2. The second-order valence-corrected chi connectivity index (χ2v) is 5.89. The van der Waals surface area contributed by atoms with E-state index in [0.717, 1.165) is 5.56 Å². The molecule has 0 N–H and O–H groups in total. The lowest BCUT2D eigenvalue weighted by Crippen LogP contribution is -2.18. The van der Waals surface area contributed by atoms with Crippen molar-refractivity contribution in [3.8, 4) is 17.1 Å². The second-order valence-electron chi connectivity index (χ2n) is 4.68. The number of halogens is 1. The molecule has 9 heteroatoms. The molecule has 0 atom stereocenters. The number of rotatable bonds is 7. The predicted molar refractivity (Wildman–Crippen MR) is 89.0 cm³/mol. The van der Waals surface area contributed by atoms with Gasteiger partial charge in [0.05, 0.1) is 0 Å². The normalized spacial score (nSPS) is 10.5. The average Bonchev–Trinajstić information content (AvgIpc) is 3.24. The Kier molecular flexibility index (Phi) is 5.39. The minimum Gasteiger partial charge on any atom is -0.490 e. The van der Waals surface area contributed by atoms with Crippen molar-refractivity contribution >= 4 is 28.9 Å². The predicted octanol–water partition coefficient (Wildman–Crippen LogP) is 2.68. The van der Waals surface area contributed by atoms with Crippen molar-refractivity contribution in [3.63, 3.8) is 0 Å². The fraction of sp³-hybridized carbons (Fsp3) is 0.200. The Morgan fingerprint density at radius 2 is 2.04 bits per heavy atom. The molecule has 2 heterocycles. The van der Waals surface area contributed by atoms with Gasteiger partial charge in [0.25, 0.3) is 0 Å². The molecule has 0 amide bonds. The summed E-state index contributed by atoms with van der Waals surface area (Å²) >= 11 is 7.32. The Morgan fingerprint density at radius 3 is 2.79 bits per heavy atom. The van der Waals surface area contributed by atoms with Gasteiger partial charge >= 0.3 is 5.97 Å². The van der Waals surface area contributed by atoms with Crippen LogP contribution in [0.5, 0.6) is 5.75 Å². The largest absolute Gasteiger partial charge is 0.490 e. The molecule has 0 bridgehead atoms. The summed E-state index contributed by atoms with van der Waals surface area (Å²) in [6, 6.07) is 8.83. The van der Waals surface area contributed by atoms with Crippen molar-refractivity contribution in [3.05, 3.63) is 46.1 Å². The van der Waals surface area contributed by atoms with E-state index in [1.807, 2.05) is 16.8 Å². The van der Waals surface area contributed by atoms with Crippen LogP contribution in [0.15, 0.2) is 41.1 Å². The van der Waals surface area contributed by atoms with E-state index in [-0.39, 0.29) is 19.8 Å². The van der Waals surface area contributed by atoms with Gasteiger partial charge in [-0.05, 0) is 40.9 Å². The molecular weight excluding hydrogens is 352 g/mol. The zero-order valence-corrected chi connectivity index (χ0v) is 14.0. The first-order valence-electron chi connectivity index (χ1n) is 7.05. The smallest absolute Gasteiger partial charge is 0.329 e. The van der Waals surface area contributed by atoms with Gasteiger partial charge in [-0.3, -0.25) is 0 Å². The molecule has 0 unspecified atom stereocenters. The number of benzene rings is 1. The Labute approximate surface area is 146 Å². The van der Waals surface area contributed by atoms with E-state index in [1.54, 1.807) is 35.6 Å². The van der Waals surface area contributed by atoms with Gasteiger partial charge in [0.15, 0.2) is 6.54 Å². The summed E-state index contributed by atoms with van der Waals surface area (Å²) < 4.78 is 10.5. The molecule has 124 valence electrons. The monoisotopic (exact) mass is 364 g/mol. The molecule has 0 saturated carbocycles. The molecule has 24 heavy (non-hydrogen) atoms. The fourth-order valence-corrected chi connectivity index (χ4v) is 2.58. The van der Waals surface area contributed by atoms with Crippen molar-refractivity contribution in [1.29, 1.82) is 0 Å². The molecule has 0 aliphatic heterocycles. The van der Waals surface area contributed by atoms with Gasteiger partial charge in [-0.2, -0.15) is 16.1 Å². The molecular formula is C15H13ClN4O3S. The quantitative estimate of drug-likeness (QED) is 0.473. The molecule has 2 aromatic heterocycles. The second kappa shape index (κ2) is 7.89. The maximum Gasteiger partial charge on any atom is 0.329 e. The van der Waals surface area contributed by atoms with Gasteiger partial charge in [0.2, 0.25) is 5.82 Å². The SMILES string of the molecule is O=C(Cn1nnc(-c2ccsc2)n1)OCCOc1ccc(Cl)cc1. The zero-order chi connectivity index (χ0) is 16.8. The summed E-state index contributed by atoms with van der Waals surface area (Å²) in [5, 5.41) is 16.3. The molecule has 0 aliphatic rings. The summed E-state index contributed by atoms with van der Waals surface area (Å²) in [5.41, 5.74) is 0.871. The third-order valence-corrected chi connectivity index (χ3v) is 3.87. The van der Waals surface area contributed by atoms with Crippen LogP contribution in [0.1, 0.15) is 0 Å². The average molecular weight is 365 g/mol. The summed E-state index contributed by atoms with van der Waals surface area (Å²) in [7, 11) is 0. The van der Waals surface area contributed by atoms with E-state index in [0.29, 0.717) is 16.6 Å². The number of carbonyl (C=O) groups excluding carboxylic acids is 1. The van der Waals surface area contributed by atoms with Crippen LogP contribution in [-0.4, -0.2) is 39.4 Å². The molecule has 0 fully saturated rings. The number of esters is 1. The first-order valence-corrected chi connectivity index (χ1v) is 8.37. The first kappa shape index (κ1) is 16.4. The van der Waals surface area contributed by atoms with Crippen LogP contribution in [0.2, 0.25) is 5.02 Å². The Hall–Kier alpha value is -2.45. The Bertz CT molecular complexity index is 789. The van der Waals surface area contributed by atoms with Crippen molar-refractivity contribution in [2.75, 3.05) is 13.2 Å². The van der Waals surface area contributed by atoms with Crippen molar-refractivity contribution in [2.24, 2.45) is 0 Å². The number of carbonyl (C=O) groups is 1. The number of hydrogen-bond donors (Lipinski definition) is 0.